The number of nitrogen functional groups attached to an aromatic ring is 1. The van der Waals surface area contributed by atoms with E-state index in [9.17, 15) is 13.2 Å². The van der Waals surface area contributed by atoms with Gasteiger partial charge in [0, 0.05) is 5.69 Å². The average Bonchev–Trinajstić information content (AvgIpc) is 2.29. The van der Waals surface area contributed by atoms with Crippen LogP contribution in [-0.2, 0) is 25.3 Å². The summed E-state index contributed by atoms with van der Waals surface area (Å²) in [5, 5.41) is 0. The van der Waals surface area contributed by atoms with Gasteiger partial charge in [0.25, 0.3) is 0 Å². The number of nitrogens with two attached hydrogens (primary N) is 1. The van der Waals surface area contributed by atoms with E-state index in [-0.39, 0.29) is 12.3 Å². The van der Waals surface area contributed by atoms with Crippen molar-refractivity contribution in [1.29, 1.82) is 0 Å². The molecule has 0 aliphatic carbocycles. The van der Waals surface area contributed by atoms with Gasteiger partial charge in [-0.1, -0.05) is 18.2 Å². The lowest BCUT2D eigenvalue weighted by Crippen LogP contribution is -2.31. The Morgan fingerprint density at radius 2 is 2.06 bits per heavy atom. The summed E-state index contributed by atoms with van der Waals surface area (Å²) in [6.07, 6.45) is 0. The third-order valence-corrected chi connectivity index (χ3v) is 3.34. The SMILES string of the molecule is COC(=O)CNS(=O)(=O)Cc1ccccc1N. The van der Waals surface area contributed by atoms with Crippen LogP contribution >= 0.6 is 0 Å². The van der Waals surface area contributed by atoms with Gasteiger partial charge in [-0.15, -0.1) is 0 Å². The molecule has 0 heterocycles. The Hall–Kier alpha value is -1.60. The van der Waals surface area contributed by atoms with Crippen molar-refractivity contribution < 1.29 is 17.9 Å². The number of benzene rings is 1. The van der Waals surface area contributed by atoms with Crippen LogP contribution in [0.25, 0.3) is 0 Å². The first-order valence-corrected chi connectivity index (χ1v) is 6.47. The van der Waals surface area contributed by atoms with Crippen molar-refractivity contribution in [3.05, 3.63) is 29.8 Å². The second-order valence-electron chi connectivity index (χ2n) is 3.36. The number of methoxy groups -OCH3 is 1. The average molecular weight is 258 g/mol. The van der Waals surface area contributed by atoms with E-state index in [1.807, 2.05) is 0 Å². The number of anilines is 1. The zero-order valence-electron chi connectivity index (χ0n) is 9.34. The fraction of sp³-hybridized carbons (Fsp3) is 0.300. The van der Waals surface area contributed by atoms with Crippen molar-refractivity contribution in [3.63, 3.8) is 0 Å². The quantitative estimate of drug-likeness (QED) is 0.566. The summed E-state index contributed by atoms with van der Waals surface area (Å²) < 4.78 is 29.7. The number of carbonyl (C=O) groups excluding carboxylic acids is 1. The number of esters is 1. The summed E-state index contributed by atoms with van der Waals surface area (Å²) in [7, 11) is -2.41. The second-order valence-corrected chi connectivity index (χ2v) is 5.16. The molecule has 1 aromatic carbocycles. The third kappa shape index (κ3) is 4.41. The predicted octanol–water partition coefficient (Wildman–Crippen LogP) is -0.139. The highest BCUT2D eigenvalue weighted by atomic mass is 32.2. The normalized spacial score (nSPS) is 11.1. The predicted molar refractivity (Wildman–Crippen MR) is 63.5 cm³/mol. The summed E-state index contributed by atoms with van der Waals surface area (Å²) in [6.45, 7) is -0.383. The molecule has 0 bridgehead atoms. The number of nitrogens with one attached hydrogen (secondary N) is 1. The molecule has 0 spiro atoms. The van der Waals surface area contributed by atoms with E-state index >= 15 is 0 Å². The molecule has 0 aliphatic rings. The van der Waals surface area contributed by atoms with Gasteiger partial charge in [0.15, 0.2) is 0 Å². The Balaban J connectivity index is 2.67. The number of carbonyl (C=O) groups is 1. The Morgan fingerprint density at radius 1 is 1.41 bits per heavy atom. The first-order valence-electron chi connectivity index (χ1n) is 4.82. The zero-order chi connectivity index (χ0) is 12.9. The van der Waals surface area contributed by atoms with Crippen molar-refractivity contribution in [2.75, 3.05) is 19.4 Å². The first kappa shape index (κ1) is 13.5. The maximum absolute atomic E-state index is 11.6. The van der Waals surface area contributed by atoms with Crippen LogP contribution in [0.15, 0.2) is 24.3 Å². The molecule has 17 heavy (non-hydrogen) atoms. The van der Waals surface area contributed by atoms with Crippen molar-refractivity contribution in [2.45, 2.75) is 5.75 Å². The smallest absolute Gasteiger partial charge is 0.320 e. The molecule has 6 nitrogen and oxygen atoms in total. The molecule has 0 saturated heterocycles. The lowest BCUT2D eigenvalue weighted by Gasteiger charge is -2.07. The van der Waals surface area contributed by atoms with Crippen molar-refractivity contribution >= 4 is 21.7 Å². The maximum Gasteiger partial charge on any atom is 0.320 e. The van der Waals surface area contributed by atoms with Gasteiger partial charge in [-0.05, 0) is 11.6 Å². The van der Waals surface area contributed by atoms with Gasteiger partial charge in [-0.2, -0.15) is 0 Å². The second kappa shape index (κ2) is 5.65. The largest absolute Gasteiger partial charge is 0.468 e. The first-order chi connectivity index (χ1) is 7.94. The van der Waals surface area contributed by atoms with Crippen LogP contribution in [0.3, 0.4) is 0 Å². The van der Waals surface area contributed by atoms with Crippen molar-refractivity contribution in [1.82, 2.24) is 4.72 Å². The third-order valence-electron chi connectivity index (χ3n) is 2.06. The number of sulfonamides is 1. The van der Waals surface area contributed by atoms with Gasteiger partial charge in [-0.25, -0.2) is 13.1 Å². The molecule has 0 aliphatic heterocycles. The van der Waals surface area contributed by atoms with Crippen LogP contribution in [0.5, 0.6) is 0 Å². The van der Waals surface area contributed by atoms with E-state index in [1.165, 1.54) is 7.11 Å². The van der Waals surface area contributed by atoms with Crippen LogP contribution in [0.1, 0.15) is 5.56 Å². The molecule has 7 heteroatoms. The minimum atomic E-state index is -3.59. The highest BCUT2D eigenvalue weighted by Crippen LogP contribution is 2.13. The lowest BCUT2D eigenvalue weighted by atomic mass is 10.2. The minimum Gasteiger partial charge on any atom is -0.468 e. The Labute approximate surface area is 99.8 Å². The lowest BCUT2D eigenvalue weighted by molar-refractivity contribution is -0.139. The van der Waals surface area contributed by atoms with Crippen molar-refractivity contribution in [2.24, 2.45) is 0 Å². The van der Waals surface area contributed by atoms with E-state index in [2.05, 4.69) is 9.46 Å². The van der Waals surface area contributed by atoms with Crippen LogP contribution < -0.4 is 10.5 Å². The minimum absolute atomic E-state index is 0.267. The maximum atomic E-state index is 11.6. The van der Waals surface area contributed by atoms with Crippen LogP contribution in [0, 0.1) is 0 Å². The fourth-order valence-electron chi connectivity index (χ4n) is 1.16. The monoisotopic (exact) mass is 258 g/mol. The molecule has 0 aromatic heterocycles. The Kier molecular flexibility index (Phi) is 4.47. The van der Waals surface area contributed by atoms with E-state index in [4.69, 9.17) is 5.73 Å². The molecule has 1 aromatic rings. The molecule has 0 amide bonds. The number of rotatable bonds is 5. The topological polar surface area (TPSA) is 98.5 Å². The van der Waals surface area contributed by atoms with Crippen LogP contribution in [0.4, 0.5) is 5.69 Å². The Bertz CT molecular complexity index is 499. The van der Waals surface area contributed by atoms with Gasteiger partial charge >= 0.3 is 5.97 Å². The van der Waals surface area contributed by atoms with Gasteiger partial charge in [0.1, 0.15) is 6.54 Å². The summed E-state index contributed by atoms with van der Waals surface area (Å²) in [5.74, 6) is -0.911. The van der Waals surface area contributed by atoms with Crippen LogP contribution in [-0.4, -0.2) is 28.0 Å². The molecule has 1 rings (SSSR count). The van der Waals surface area contributed by atoms with Gasteiger partial charge in [0.2, 0.25) is 10.0 Å². The molecular weight excluding hydrogens is 244 g/mol. The van der Waals surface area contributed by atoms with E-state index in [0.717, 1.165) is 0 Å². The number of ether oxygens (including phenoxy) is 1. The van der Waals surface area contributed by atoms with Crippen molar-refractivity contribution in [3.8, 4) is 0 Å². The highest BCUT2D eigenvalue weighted by molar-refractivity contribution is 7.88. The van der Waals surface area contributed by atoms with Crippen LogP contribution in [0.2, 0.25) is 0 Å². The standard InChI is InChI=1S/C10H14N2O4S/c1-16-10(13)6-12-17(14,15)7-8-4-2-3-5-9(8)11/h2-5,12H,6-7,11H2,1H3. The number of hydrogen-bond acceptors (Lipinski definition) is 5. The molecule has 0 saturated carbocycles. The number of para-hydroxylation sites is 1. The highest BCUT2D eigenvalue weighted by Gasteiger charge is 2.14. The van der Waals surface area contributed by atoms with Gasteiger partial charge in [0.05, 0.1) is 12.9 Å². The van der Waals surface area contributed by atoms with E-state index < -0.39 is 16.0 Å². The molecule has 94 valence electrons. The molecule has 3 N–H and O–H groups in total. The van der Waals surface area contributed by atoms with Gasteiger partial charge < -0.3 is 10.5 Å². The summed E-state index contributed by atoms with van der Waals surface area (Å²) in [5.41, 5.74) is 6.52. The Morgan fingerprint density at radius 3 is 2.65 bits per heavy atom. The molecule has 0 radical (unpaired) electrons. The van der Waals surface area contributed by atoms with E-state index in [0.29, 0.717) is 11.3 Å². The summed E-state index contributed by atoms with van der Waals surface area (Å²) in [4.78, 5) is 10.8. The molecule has 0 fully saturated rings. The molecule has 0 unspecified atom stereocenters. The summed E-state index contributed by atoms with van der Waals surface area (Å²) >= 11 is 0. The van der Waals surface area contributed by atoms with Gasteiger partial charge in [-0.3, -0.25) is 4.79 Å². The fourth-order valence-corrected chi connectivity index (χ4v) is 2.27. The molecule has 0 atom stereocenters. The number of hydrogen-bond donors (Lipinski definition) is 2. The summed E-state index contributed by atoms with van der Waals surface area (Å²) in [6, 6.07) is 6.65. The molecular formula is C10H14N2O4S. The zero-order valence-corrected chi connectivity index (χ0v) is 10.2. The van der Waals surface area contributed by atoms with E-state index in [1.54, 1.807) is 24.3 Å².